The van der Waals surface area contributed by atoms with Crippen molar-refractivity contribution < 1.29 is 0 Å². The predicted octanol–water partition coefficient (Wildman–Crippen LogP) is 7.05. The maximum absolute atomic E-state index is 6.33. The maximum Gasteiger partial charge on any atom is 0.0568 e. The van der Waals surface area contributed by atoms with E-state index in [1.807, 2.05) is 13.8 Å². The number of alkyl halides is 2. The molecule has 0 aliphatic rings. The second-order valence-corrected chi connectivity index (χ2v) is 7.81. The van der Waals surface area contributed by atoms with Crippen LogP contribution in [0.5, 0.6) is 0 Å². The van der Waals surface area contributed by atoms with E-state index in [1.165, 1.54) is 32.0 Å². The number of halogens is 2. The van der Waals surface area contributed by atoms with Crippen molar-refractivity contribution >= 4 is 35.0 Å². The van der Waals surface area contributed by atoms with Crippen molar-refractivity contribution in [3.8, 4) is 0 Å². The highest BCUT2D eigenvalue weighted by molar-refractivity contribution is 7.99. The quantitative estimate of drug-likeness (QED) is 0.538. The van der Waals surface area contributed by atoms with E-state index in [-0.39, 0.29) is 10.8 Å². The van der Waals surface area contributed by atoms with E-state index < -0.39 is 0 Å². The van der Waals surface area contributed by atoms with Gasteiger partial charge in [-0.1, -0.05) is 47.2 Å². The van der Waals surface area contributed by atoms with E-state index in [2.05, 4.69) is 50.2 Å². The van der Waals surface area contributed by atoms with Gasteiger partial charge in [0.25, 0.3) is 0 Å². The molecular formula is C18H20Cl2S. The van der Waals surface area contributed by atoms with Gasteiger partial charge in [-0.05, 0) is 51.0 Å². The monoisotopic (exact) mass is 338 g/mol. The normalized spacial score (nSPS) is 14.0. The molecule has 112 valence electrons. The number of hydrogen-bond acceptors (Lipinski definition) is 1. The first-order chi connectivity index (χ1) is 9.88. The average molecular weight is 339 g/mol. The van der Waals surface area contributed by atoms with E-state index in [0.29, 0.717) is 0 Å². The molecule has 0 nitrogen and oxygen atoms in total. The van der Waals surface area contributed by atoms with Crippen LogP contribution in [0.3, 0.4) is 0 Å². The number of benzene rings is 2. The lowest BCUT2D eigenvalue weighted by Gasteiger charge is -2.16. The van der Waals surface area contributed by atoms with Crippen molar-refractivity contribution in [2.75, 3.05) is 0 Å². The molecule has 0 bridgehead atoms. The zero-order chi connectivity index (χ0) is 15.6. The Kier molecular flexibility index (Phi) is 5.65. The Hall–Kier alpha value is -0.630. The Bertz CT molecular complexity index is 578. The van der Waals surface area contributed by atoms with E-state index in [1.54, 1.807) is 11.8 Å². The summed E-state index contributed by atoms with van der Waals surface area (Å²) < 4.78 is 0. The molecule has 3 heteroatoms. The molecule has 0 aromatic heterocycles. The average Bonchev–Trinajstić information content (AvgIpc) is 2.42. The maximum atomic E-state index is 6.33. The Labute approximate surface area is 141 Å². The number of hydrogen-bond donors (Lipinski definition) is 0. The molecule has 0 aliphatic heterocycles. The summed E-state index contributed by atoms with van der Waals surface area (Å²) in [7, 11) is 0. The van der Waals surface area contributed by atoms with Gasteiger partial charge in [0.2, 0.25) is 0 Å². The molecule has 0 saturated carbocycles. The minimum atomic E-state index is -0.00489. The van der Waals surface area contributed by atoms with Gasteiger partial charge in [-0.15, -0.1) is 23.2 Å². The first-order valence-corrected chi connectivity index (χ1v) is 8.74. The molecule has 2 unspecified atom stereocenters. The Balaban J connectivity index is 2.43. The lowest BCUT2D eigenvalue weighted by atomic mass is 10.1. The summed E-state index contributed by atoms with van der Waals surface area (Å²) in [5.41, 5.74) is 4.82. The second-order valence-electron chi connectivity index (χ2n) is 5.42. The summed E-state index contributed by atoms with van der Waals surface area (Å²) in [5.74, 6) is 0. The molecule has 21 heavy (non-hydrogen) atoms. The van der Waals surface area contributed by atoms with Gasteiger partial charge in [-0.3, -0.25) is 0 Å². The lowest BCUT2D eigenvalue weighted by Crippen LogP contribution is -1.93. The van der Waals surface area contributed by atoms with Crippen molar-refractivity contribution in [1.29, 1.82) is 0 Å². The molecular weight excluding hydrogens is 319 g/mol. The van der Waals surface area contributed by atoms with Crippen molar-refractivity contribution in [2.45, 2.75) is 48.2 Å². The van der Waals surface area contributed by atoms with Crippen LogP contribution in [0.4, 0.5) is 0 Å². The minimum absolute atomic E-state index is 0.00489. The Morgan fingerprint density at radius 2 is 1.14 bits per heavy atom. The molecule has 0 aliphatic carbocycles. The van der Waals surface area contributed by atoms with Gasteiger partial charge in [0.05, 0.1) is 10.8 Å². The van der Waals surface area contributed by atoms with Crippen molar-refractivity contribution in [2.24, 2.45) is 0 Å². The van der Waals surface area contributed by atoms with Crippen LogP contribution in [-0.4, -0.2) is 0 Å². The van der Waals surface area contributed by atoms with Crippen LogP contribution in [0.1, 0.15) is 46.9 Å². The topological polar surface area (TPSA) is 0 Å². The molecule has 0 N–H and O–H groups in total. The summed E-state index contributed by atoms with van der Waals surface area (Å²) in [6.07, 6.45) is 0. The second kappa shape index (κ2) is 7.09. The molecule has 0 saturated heterocycles. The summed E-state index contributed by atoms with van der Waals surface area (Å²) in [6.45, 7) is 8.21. The highest BCUT2D eigenvalue weighted by Crippen LogP contribution is 2.40. The molecule has 0 radical (unpaired) electrons. The number of rotatable bonds is 4. The lowest BCUT2D eigenvalue weighted by molar-refractivity contribution is 1.01. The Morgan fingerprint density at radius 3 is 1.48 bits per heavy atom. The van der Waals surface area contributed by atoms with E-state index in [0.717, 1.165) is 0 Å². The molecule has 0 amide bonds. The molecule has 2 rings (SSSR count). The smallest absolute Gasteiger partial charge is 0.0568 e. The third-order valence-electron chi connectivity index (χ3n) is 3.41. The molecule has 0 heterocycles. The van der Waals surface area contributed by atoms with E-state index in [4.69, 9.17) is 23.2 Å². The van der Waals surface area contributed by atoms with Gasteiger partial charge < -0.3 is 0 Å². The van der Waals surface area contributed by atoms with Gasteiger partial charge in [0.1, 0.15) is 0 Å². The first-order valence-electron chi connectivity index (χ1n) is 7.05. The van der Waals surface area contributed by atoms with E-state index >= 15 is 0 Å². The fourth-order valence-corrected chi connectivity index (χ4v) is 3.97. The van der Waals surface area contributed by atoms with Gasteiger partial charge in [0.15, 0.2) is 0 Å². The van der Waals surface area contributed by atoms with Crippen LogP contribution in [0.25, 0.3) is 0 Å². The fourth-order valence-electron chi connectivity index (χ4n) is 2.26. The Morgan fingerprint density at radius 1 is 0.762 bits per heavy atom. The van der Waals surface area contributed by atoms with Crippen molar-refractivity contribution in [3.63, 3.8) is 0 Å². The van der Waals surface area contributed by atoms with Gasteiger partial charge in [0, 0.05) is 9.79 Å². The minimum Gasteiger partial charge on any atom is -0.118 e. The van der Waals surface area contributed by atoms with Crippen LogP contribution in [-0.2, 0) is 0 Å². The molecule has 2 atom stereocenters. The summed E-state index contributed by atoms with van der Waals surface area (Å²) in [4.78, 5) is 2.40. The largest absolute Gasteiger partial charge is 0.118 e. The molecule has 2 aromatic carbocycles. The molecule has 0 spiro atoms. The fraction of sp³-hybridized carbons (Fsp3) is 0.333. The third-order valence-corrected chi connectivity index (χ3v) is 5.06. The van der Waals surface area contributed by atoms with Crippen LogP contribution in [0, 0.1) is 13.8 Å². The molecule has 2 aromatic rings. The van der Waals surface area contributed by atoms with Crippen LogP contribution in [0.15, 0.2) is 46.2 Å². The molecule has 0 fully saturated rings. The predicted molar refractivity (Wildman–Crippen MR) is 95.0 cm³/mol. The third kappa shape index (κ3) is 4.18. The zero-order valence-electron chi connectivity index (χ0n) is 12.8. The van der Waals surface area contributed by atoms with Gasteiger partial charge >= 0.3 is 0 Å². The highest BCUT2D eigenvalue weighted by Gasteiger charge is 2.14. The number of aryl methyl sites for hydroxylation is 2. The van der Waals surface area contributed by atoms with Crippen LogP contribution in [0.2, 0.25) is 0 Å². The van der Waals surface area contributed by atoms with Crippen molar-refractivity contribution in [1.82, 2.24) is 0 Å². The van der Waals surface area contributed by atoms with Crippen LogP contribution >= 0.6 is 35.0 Å². The van der Waals surface area contributed by atoms with Crippen LogP contribution < -0.4 is 0 Å². The van der Waals surface area contributed by atoms with Crippen molar-refractivity contribution in [3.05, 3.63) is 58.7 Å². The van der Waals surface area contributed by atoms with Gasteiger partial charge in [-0.2, -0.15) is 0 Å². The standard InChI is InChI=1S/C18H20Cl2S/c1-11-5-7-17(15(9-11)13(3)19)21-18-8-6-12(2)10-16(18)14(4)20/h5-10,13-14H,1-4H3. The summed E-state index contributed by atoms with van der Waals surface area (Å²) in [6, 6.07) is 12.9. The first kappa shape index (κ1) is 16.7. The summed E-state index contributed by atoms with van der Waals surface area (Å²) >= 11 is 14.4. The zero-order valence-corrected chi connectivity index (χ0v) is 15.1. The van der Waals surface area contributed by atoms with E-state index in [9.17, 15) is 0 Å². The van der Waals surface area contributed by atoms with Gasteiger partial charge in [-0.25, -0.2) is 0 Å². The SMILES string of the molecule is Cc1ccc(Sc2ccc(C)cc2C(C)Cl)c(C(C)Cl)c1. The highest BCUT2D eigenvalue weighted by atomic mass is 35.5. The summed E-state index contributed by atoms with van der Waals surface area (Å²) in [5, 5.41) is -0.00977.